The highest BCUT2D eigenvalue weighted by Gasteiger charge is 2.15. The summed E-state index contributed by atoms with van der Waals surface area (Å²) < 4.78 is 0. The Labute approximate surface area is 133 Å². The van der Waals surface area contributed by atoms with E-state index in [0.29, 0.717) is 6.04 Å². The summed E-state index contributed by atoms with van der Waals surface area (Å²) in [6.45, 7) is 6.56. The van der Waals surface area contributed by atoms with Gasteiger partial charge in [-0.15, -0.1) is 0 Å². The second-order valence-electron chi connectivity index (χ2n) is 7.05. The quantitative estimate of drug-likeness (QED) is 0.644. The van der Waals surface area contributed by atoms with Crippen molar-refractivity contribution in [2.24, 2.45) is 5.10 Å². The fraction of sp³-hybridized carbons (Fsp3) is 0.556. The lowest BCUT2D eigenvalue weighted by molar-refractivity contribution is 0.233. The highest BCUT2D eigenvalue weighted by atomic mass is 16.2. The molecule has 120 valence electrons. The fourth-order valence-electron chi connectivity index (χ4n) is 2.70. The van der Waals surface area contributed by atoms with Crippen molar-refractivity contribution in [3.8, 4) is 0 Å². The number of amides is 2. The van der Waals surface area contributed by atoms with Crippen LogP contribution in [0.1, 0.15) is 64.0 Å². The lowest BCUT2D eigenvalue weighted by atomic mass is 9.87. The number of nitrogens with one attached hydrogen (secondary N) is 2. The van der Waals surface area contributed by atoms with Crippen LogP contribution in [0, 0.1) is 0 Å². The zero-order chi connectivity index (χ0) is 16.0. The molecule has 2 N–H and O–H groups in total. The van der Waals surface area contributed by atoms with Gasteiger partial charge in [-0.25, -0.2) is 10.2 Å². The Morgan fingerprint density at radius 2 is 1.77 bits per heavy atom. The van der Waals surface area contributed by atoms with Gasteiger partial charge in [-0.05, 0) is 29.4 Å². The van der Waals surface area contributed by atoms with Crippen molar-refractivity contribution in [1.82, 2.24) is 10.7 Å². The molecule has 0 aromatic heterocycles. The van der Waals surface area contributed by atoms with Crippen LogP contribution in [0.2, 0.25) is 0 Å². The number of carbonyl (C=O) groups excluding carboxylic acids is 1. The van der Waals surface area contributed by atoms with Crippen LogP contribution in [0.4, 0.5) is 4.79 Å². The van der Waals surface area contributed by atoms with Crippen molar-refractivity contribution in [3.63, 3.8) is 0 Å². The van der Waals surface area contributed by atoms with Crippen LogP contribution in [0.5, 0.6) is 0 Å². The summed E-state index contributed by atoms with van der Waals surface area (Å²) in [5.41, 5.74) is 4.95. The number of carbonyl (C=O) groups is 1. The van der Waals surface area contributed by atoms with Crippen LogP contribution >= 0.6 is 0 Å². The molecule has 2 rings (SSSR count). The van der Waals surface area contributed by atoms with Gasteiger partial charge in [-0.2, -0.15) is 5.10 Å². The summed E-state index contributed by atoms with van der Waals surface area (Å²) in [7, 11) is 0. The summed E-state index contributed by atoms with van der Waals surface area (Å²) in [4.78, 5) is 11.8. The molecule has 0 aliphatic heterocycles. The molecule has 1 saturated carbocycles. The minimum absolute atomic E-state index is 0.147. The molecule has 0 bridgehead atoms. The molecular formula is C18H27N3O. The third kappa shape index (κ3) is 5.17. The molecule has 4 heteroatoms. The zero-order valence-corrected chi connectivity index (χ0v) is 13.9. The first-order chi connectivity index (χ1) is 10.4. The third-order valence-corrected chi connectivity index (χ3v) is 4.10. The first-order valence-corrected chi connectivity index (χ1v) is 8.15. The van der Waals surface area contributed by atoms with E-state index in [1.165, 1.54) is 24.8 Å². The number of hydrogen-bond donors (Lipinski definition) is 2. The van der Waals surface area contributed by atoms with Gasteiger partial charge in [0.2, 0.25) is 0 Å². The Morgan fingerprint density at radius 3 is 2.36 bits per heavy atom. The lowest BCUT2D eigenvalue weighted by Gasteiger charge is -2.22. The molecule has 22 heavy (non-hydrogen) atoms. The molecule has 1 aromatic rings. The van der Waals surface area contributed by atoms with Gasteiger partial charge < -0.3 is 5.32 Å². The van der Waals surface area contributed by atoms with Gasteiger partial charge >= 0.3 is 6.03 Å². The molecule has 0 atom stereocenters. The van der Waals surface area contributed by atoms with E-state index in [0.717, 1.165) is 18.4 Å². The Hall–Kier alpha value is -1.84. The van der Waals surface area contributed by atoms with Gasteiger partial charge in [0, 0.05) is 6.04 Å². The second kappa shape index (κ2) is 7.43. The monoisotopic (exact) mass is 301 g/mol. The lowest BCUT2D eigenvalue weighted by Crippen LogP contribution is -2.41. The van der Waals surface area contributed by atoms with Crippen molar-refractivity contribution in [2.75, 3.05) is 0 Å². The summed E-state index contributed by atoms with van der Waals surface area (Å²) in [6, 6.07) is 8.33. The van der Waals surface area contributed by atoms with Crippen LogP contribution in [-0.4, -0.2) is 18.3 Å². The van der Waals surface area contributed by atoms with E-state index in [-0.39, 0.29) is 11.4 Å². The van der Waals surface area contributed by atoms with E-state index in [1.54, 1.807) is 6.21 Å². The van der Waals surface area contributed by atoms with Crippen LogP contribution in [0.3, 0.4) is 0 Å². The topological polar surface area (TPSA) is 53.5 Å². The van der Waals surface area contributed by atoms with Gasteiger partial charge in [0.15, 0.2) is 0 Å². The highest BCUT2D eigenvalue weighted by Crippen LogP contribution is 2.21. The standard InChI is InChI=1S/C18H27N3O/c1-18(2,3)15-11-9-14(10-12-15)13-19-21-17(22)20-16-7-5-4-6-8-16/h9-13,16H,4-8H2,1-3H3,(H2,20,21,22)/b19-13-. The molecule has 0 saturated heterocycles. The van der Waals surface area contributed by atoms with Crippen molar-refractivity contribution >= 4 is 12.2 Å². The number of hydrazone groups is 1. The predicted molar refractivity (Wildman–Crippen MR) is 91.3 cm³/mol. The molecule has 0 spiro atoms. The van der Waals surface area contributed by atoms with Crippen molar-refractivity contribution in [1.29, 1.82) is 0 Å². The van der Waals surface area contributed by atoms with E-state index in [1.807, 2.05) is 12.1 Å². The van der Waals surface area contributed by atoms with Gasteiger partial charge in [-0.3, -0.25) is 0 Å². The molecule has 0 radical (unpaired) electrons. The molecule has 1 fully saturated rings. The van der Waals surface area contributed by atoms with Crippen molar-refractivity contribution in [3.05, 3.63) is 35.4 Å². The van der Waals surface area contributed by atoms with E-state index in [4.69, 9.17) is 0 Å². The van der Waals surface area contributed by atoms with Crippen molar-refractivity contribution < 1.29 is 4.79 Å². The Balaban J connectivity index is 1.80. The van der Waals surface area contributed by atoms with Crippen LogP contribution in [-0.2, 0) is 5.41 Å². The Bertz CT molecular complexity index is 508. The zero-order valence-electron chi connectivity index (χ0n) is 13.9. The van der Waals surface area contributed by atoms with Gasteiger partial charge in [0.25, 0.3) is 0 Å². The summed E-state index contributed by atoms with van der Waals surface area (Å²) >= 11 is 0. The van der Waals surface area contributed by atoms with Crippen LogP contribution in [0.15, 0.2) is 29.4 Å². The van der Waals surface area contributed by atoms with Crippen LogP contribution in [0.25, 0.3) is 0 Å². The van der Waals surface area contributed by atoms with Gasteiger partial charge in [0.1, 0.15) is 0 Å². The SMILES string of the molecule is CC(C)(C)c1ccc(/C=N\NC(=O)NC2CCCCC2)cc1. The minimum Gasteiger partial charge on any atom is -0.334 e. The van der Waals surface area contributed by atoms with Crippen molar-refractivity contribution in [2.45, 2.75) is 64.3 Å². The molecule has 4 nitrogen and oxygen atoms in total. The van der Waals surface area contributed by atoms with E-state index in [2.05, 4.69) is 48.7 Å². The van der Waals surface area contributed by atoms with E-state index >= 15 is 0 Å². The number of hydrogen-bond acceptors (Lipinski definition) is 2. The minimum atomic E-state index is -0.213. The normalized spacial score (nSPS) is 16.7. The molecule has 1 aromatic carbocycles. The van der Waals surface area contributed by atoms with E-state index < -0.39 is 0 Å². The summed E-state index contributed by atoms with van der Waals surface area (Å²) in [5.74, 6) is 0. The second-order valence-corrected chi connectivity index (χ2v) is 7.05. The number of nitrogens with zero attached hydrogens (tertiary/aromatic N) is 1. The smallest absolute Gasteiger partial charge is 0.334 e. The average molecular weight is 301 g/mol. The van der Waals surface area contributed by atoms with Gasteiger partial charge in [0.05, 0.1) is 6.21 Å². The Morgan fingerprint density at radius 1 is 1.14 bits per heavy atom. The molecular weight excluding hydrogens is 274 g/mol. The first kappa shape index (κ1) is 16.5. The highest BCUT2D eigenvalue weighted by molar-refractivity contribution is 5.82. The molecule has 0 heterocycles. The number of rotatable bonds is 3. The largest absolute Gasteiger partial charge is 0.335 e. The molecule has 0 unspecified atom stereocenters. The van der Waals surface area contributed by atoms with Crippen LogP contribution < -0.4 is 10.7 Å². The maximum Gasteiger partial charge on any atom is 0.335 e. The third-order valence-electron chi connectivity index (χ3n) is 4.10. The van der Waals surface area contributed by atoms with Gasteiger partial charge in [-0.1, -0.05) is 64.3 Å². The maximum absolute atomic E-state index is 11.8. The average Bonchev–Trinajstić information content (AvgIpc) is 2.48. The molecule has 1 aliphatic carbocycles. The molecule has 2 amide bonds. The fourth-order valence-corrected chi connectivity index (χ4v) is 2.70. The summed E-state index contributed by atoms with van der Waals surface area (Å²) in [6.07, 6.45) is 7.51. The number of benzene rings is 1. The molecule has 1 aliphatic rings. The predicted octanol–water partition coefficient (Wildman–Crippen LogP) is 3.95. The first-order valence-electron chi connectivity index (χ1n) is 8.15. The van der Waals surface area contributed by atoms with E-state index in [9.17, 15) is 4.79 Å². The number of urea groups is 1. The maximum atomic E-state index is 11.8. The summed E-state index contributed by atoms with van der Waals surface area (Å²) in [5, 5.41) is 6.98. The Kier molecular flexibility index (Phi) is 5.58.